The summed E-state index contributed by atoms with van der Waals surface area (Å²) in [4.78, 5) is 17.4. The van der Waals surface area contributed by atoms with Gasteiger partial charge in [-0.15, -0.1) is 0 Å². The zero-order valence-corrected chi connectivity index (χ0v) is 15.6. The minimum absolute atomic E-state index is 0.324. The molecule has 1 aliphatic heterocycles. The average Bonchev–Trinajstić information content (AvgIpc) is 2.58. The molecule has 0 spiro atoms. The molecule has 3 heteroatoms. The Balaban J connectivity index is 1.91. The van der Waals surface area contributed by atoms with E-state index in [-0.39, 0.29) is 0 Å². The summed E-state index contributed by atoms with van der Waals surface area (Å²) in [6.45, 7) is 9.89. The molecule has 2 aliphatic rings. The van der Waals surface area contributed by atoms with Crippen LogP contribution in [0.3, 0.4) is 0 Å². The SMILES string of the molecule is CCCN1C(=O)C[C@@H]2C[C@H](N(CCC)CCC)Cc3cccc1c32. The maximum atomic E-state index is 12.7. The Morgan fingerprint density at radius 1 is 1.08 bits per heavy atom. The molecule has 0 aromatic heterocycles. The Hall–Kier alpha value is -1.35. The van der Waals surface area contributed by atoms with Gasteiger partial charge < -0.3 is 9.80 Å². The molecule has 2 atom stereocenters. The molecule has 0 saturated carbocycles. The molecular weight excluding hydrogens is 296 g/mol. The fourth-order valence-electron chi connectivity index (χ4n) is 4.71. The number of hydrogen-bond donors (Lipinski definition) is 0. The summed E-state index contributed by atoms with van der Waals surface area (Å²) >= 11 is 0. The number of amides is 1. The minimum Gasteiger partial charge on any atom is -0.312 e. The third-order valence-corrected chi connectivity index (χ3v) is 5.59. The van der Waals surface area contributed by atoms with Crippen LogP contribution >= 0.6 is 0 Å². The Labute approximate surface area is 147 Å². The van der Waals surface area contributed by atoms with E-state index in [0.29, 0.717) is 24.3 Å². The summed E-state index contributed by atoms with van der Waals surface area (Å²) in [6, 6.07) is 7.21. The third kappa shape index (κ3) is 3.23. The first-order valence-electron chi connectivity index (χ1n) is 9.85. The van der Waals surface area contributed by atoms with Crippen LogP contribution in [0, 0.1) is 0 Å². The lowest BCUT2D eigenvalue weighted by atomic mass is 9.75. The Morgan fingerprint density at radius 3 is 2.50 bits per heavy atom. The summed E-state index contributed by atoms with van der Waals surface area (Å²) < 4.78 is 0. The third-order valence-electron chi connectivity index (χ3n) is 5.59. The van der Waals surface area contributed by atoms with E-state index in [4.69, 9.17) is 0 Å². The van der Waals surface area contributed by atoms with E-state index in [9.17, 15) is 4.79 Å². The molecule has 0 saturated heterocycles. The van der Waals surface area contributed by atoms with E-state index in [0.717, 1.165) is 25.8 Å². The molecule has 1 aromatic carbocycles. The second kappa shape index (κ2) is 7.69. The zero-order chi connectivity index (χ0) is 17.1. The number of carbonyl (C=O) groups excluding carboxylic acids is 1. The molecule has 0 bridgehead atoms. The lowest BCUT2D eigenvalue weighted by Gasteiger charge is -2.43. The topological polar surface area (TPSA) is 23.6 Å². The molecule has 3 rings (SSSR count). The first kappa shape index (κ1) is 17.5. The number of anilines is 1. The fraction of sp³-hybridized carbons (Fsp3) is 0.667. The van der Waals surface area contributed by atoms with Crippen LogP contribution < -0.4 is 4.90 Å². The second-order valence-corrected chi connectivity index (χ2v) is 7.43. The highest BCUT2D eigenvalue weighted by Crippen LogP contribution is 2.45. The van der Waals surface area contributed by atoms with Gasteiger partial charge in [-0.1, -0.05) is 32.9 Å². The quantitative estimate of drug-likeness (QED) is 0.743. The van der Waals surface area contributed by atoms with Crippen molar-refractivity contribution in [1.29, 1.82) is 0 Å². The van der Waals surface area contributed by atoms with Crippen molar-refractivity contribution in [2.24, 2.45) is 0 Å². The van der Waals surface area contributed by atoms with Gasteiger partial charge in [0.1, 0.15) is 0 Å². The van der Waals surface area contributed by atoms with Crippen molar-refractivity contribution in [3.05, 3.63) is 29.3 Å². The van der Waals surface area contributed by atoms with Crippen molar-refractivity contribution in [3.63, 3.8) is 0 Å². The predicted molar refractivity (Wildman–Crippen MR) is 101 cm³/mol. The van der Waals surface area contributed by atoms with Gasteiger partial charge in [0, 0.05) is 24.7 Å². The summed E-state index contributed by atoms with van der Waals surface area (Å²) in [5, 5.41) is 0. The van der Waals surface area contributed by atoms with Crippen molar-refractivity contribution < 1.29 is 4.79 Å². The van der Waals surface area contributed by atoms with Crippen LogP contribution in [-0.4, -0.2) is 36.5 Å². The largest absolute Gasteiger partial charge is 0.312 e. The molecule has 1 amide bonds. The monoisotopic (exact) mass is 328 g/mol. The molecule has 0 unspecified atom stereocenters. The van der Waals surface area contributed by atoms with Gasteiger partial charge in [-0.05, 0) is 68.3 Å². The standard InChI is InChI=1S/C21H32N2O/c1-4-10-22(11-5-2)18-13-16-8-7-9-19-21(16)17(14-18)15-20(24)23(19)12-6-3/h7-9,17-18H,4-6,10-15H2,1-3H3/t17-,18+/m0/s1. The molecule has 0 radical (unpaired) electrons. The molecule has 24 heavy (non-hydrogen) atoms. The van der Waals surface area contributed by atoms with Crippen molar-refractivity contribution in [2.75, 3.05) is 24.5 Å². The van der Waals surface area contributed by atoms with Crippen LogP contribution in [0.5, 0.6) is 0 Å². The highest BCUT2D eigenvalue weighted by atomic mass is 16.2. The van der Waals surface area contributed by atoms with Crippen molar-refractivity contribution in [1.82, 2.24) is 4.90 Å². The maximum Gasteiger partial charge on any atom is 0.227 e. The number of rotatable bonds is 7. The Morgan fingerprint density at radius 2 is 1.83 bits per heavy atom. The van der Waals surface area contributed by atoms with Gasteiger partial charge in [-0.3, -0.25) is 4.79 Å². The van der Waals surface area contributed by atoms with Gasteiger partial charge >= 0.3 is 0 Å². The van der Waals surface area contributed by atoms with Crippen molar-refractivity contribution in [3.8, 4) is 0 Å². The molecular formula is C21H32N2O. The molecule has 1 aliphatic carbocycles. The molecule has 0 fully saturated rings. The van der Waals surface area contributed by atoms with E-state index in [1.54, 1.807) is 0 Å². The zero-order valence-electron chi connectivity index (χ0n) is 15.6. The molecule has 1 aromatic rings. The smallest absolute Gasteiger partial charge is 0.227 e. The molecule has 1 heterocycles. The summed E-state index contributed by atoms with van der Waals surface area (Å²) in [7, 11) is 0. The predicted octanol–water partition coefficient (Wildman–Crippen LogP) is 4.35. The number of benzene rings is 1. The average molecular weight is 328 g/mol. The van der Waals surface area contributed by atoms with E-state index in [1.807, 2.05) is 4.90 Å². The Bertz CT molecular complexity index is 577. The van der Waals surface area contributed by atoms with Crippen molar-refractivity contribution >= 4 is 11.6 Å². The van der Waals surface area contributed by atoms with Gasteiger partial charge in [0.2, 0.25) is 5.91 Å². The summed E-state index contributed by atoms with van der Waals surface area (Å²) in [5.41, 5.74) is 4.17. The number of carbonyl (C=O) groups is 1. The summed E-state index contributed by atoms with van der Waals surface area (Å²) in [6.07, 6.45) is 6.42. The second-order valence-electron chi connectivity index (χ2n) is 7.43. The molecule has 132 valence electrons. The first-order chi connectivity index (χ1) is 11.7. The number of nitrogens with zero attached hydrogens (tertiary/aromatic N) is 2. The van der Waals surface area contributed by atoms with Crippen LogP contribution in [0.25, 0.3) is 0 Å². The van der Waals surface area contributed by atoms with Crippen LogP contribution in [0.15, 0.2) is 18.2 Å². The van der Waals surface area contributed by atoms with E-state index >= 15 is 0 Å². The summed E-state index contributed by atoms with van der Waals surface area (Å²) in [5.74, 6) is 0.747. The highest BCUT2D eigenvalue weighted by Gasteiger charge is 2.38. The lowest BCUT2D eigenvalue weighted by Crippen LogP contribution is -2.45. The van der Waals surface area contributed by atoms with Gasteiger partial charge in [0.25, 0.3) is 0 Å². The van der Waals surface area contributed by atoms with Crippen LogP contribution in [0.2, 0.25) is 0 Å². The first-order valence-corrected chi connectivity index (χ1v) is 9.85. The lowest BCUT2D eigenvalue weighted by molar-refractivity contribution is -0.119. The molecule has 0 N–H and O–H groups in total. The van der Waals surface area contributed by atoms with Gasteiger partial charge in [0.05, 0.1) is 0 Å². The molecule has 3 nitrogen and oxygen atoms in total. The van der Waals surface area contributed by atoms with Gasteiger partial charge in [-0.25, -0.2) is 0 Å². The van der Waals surface area contributed by atoms with Gasteiger partial charge in [0.15, 0.2) is 0 Å². The van der Waals surface area contributed by atoms with Crippen LogP contribution in [0.4, 0.5) is 5.69 Å². The van der Waals surface area contributed by atoms with E-state index in [2.05, 4.69) is 43.9 Å². The number of hydrogen-bond acceptors (Lipinski definition) is 2. The van der Waals surface area contributed by atoms with E-state index in [1.165, 1.54) is 42.7 Å². The fourth-order valence-corrected chi connectivity index (χ4v) is 4.71. The van der Waals surface area contributed by atoms with Crippen molar-refractivity contribution in [2.45, 2.75) is 71.3 Å². The van der Waals surface area contributed by atoms with Crippen LogP contribution in [-0.2, 0) is 11.2 Å². The Kier molecular flexibility index (Phi) is 5.60. The van der Waals surface area contributed by atoms with E-state index < -0.39 is 0 Å². The minimum atomic E-state index is 0.324. The van der Waals surface area contributed by atoms with Crippen LogP contribution in [0.1, 0.15) is 69.9 Å². The maximum absolute atomic E-state index is 12.7. The highest BCUT2D eigenvalue weighted by molar-refractivity contribution is 5.97. The van der Waals surface area contributed by atoms with Gasteiger partial charge in [-0.2, -0.15) is 0 Å². The normalized spacial score (nSPS) is 22.8.